The molecule has 11 heteroatoms. The summed E-state index contributed by atoms with van der Waals surface area (Å²) in [6.07, 6.45) is -1.65. The molecule has 4 N–H and O–H groups in total. The second-order valence-electron chi connectivity index (χ2n) is 6.78. The van der Waals surface area contributed by atoms with E-state index in [2.05, 4.69) is 15.3 Å². The van der Waals surface area contributed by atoms with E-state index in [1.807, 2.05) is 0 Å². The SMILES string of the molecule is CCOC(=O)c1csc(C(N)C(O)c2csc(CNC(=O)OC(C)(C)C)n2)n1. The highest BCUT2D eigenvalue weighted by molar-refractivity contribution is 7.10. The molecular formula is C17H24N4O5S2. The number of aliphatic hydroxyl groups excluding tert-OH is 1. The average molecular weight is 429 g/mol. The third-order valence-electron chi connectivity index (χ3n) is 3.29. The number of esters is 1. The monoisotopic (exact) mass is 428 g/mol. The summed E-state index contributed by atoms with van der Waals surface area (Å²) < 4.78 is 10.1. The van der Waals surface area contributed by atoms with Crippen LogP contribution in [0.1, 0.15) is 66.0 Å². The number of alkyl carbamates (subject to hydrolysis) is 1. The van der Waals surface area contributed by atoms with Crippen LogP contribution in [0.25, 0.3) is 0 Å². The molecule has 2 atom stereocenters. The molecule has 0 radical (unpaired) electrons. The van der Waals surface area contributed by atoms with E-state index in [0.29, 0.717) is 15.7 Å². The lowest BCUT2D eigenvalue weighted by molar-refractivity contribution is 0.0511. The number of rotatable bonds is 7. The molecule has 0 bridgehead atoms. The average Bonchev–Trinajstić information content (AvgIpc) is 3.27. The smallest absolute Gasteiger partial charge is 0.408 e. The summed E-state index contributed by atoms with van der Waals surface area (Å²) in [6.45, 7) is 7.46. The molecule has 1 amide bonds. The zero-order chi connectivity index (χ0) is 20.9. The van der Waals surface area contributed by atoms with Crippen molar-refractivity contribution in [2.45, 2.75) is 52.0 Å². The Morgan fingerprint density at radius 2 is 2.00 bits per heavy atom. The number of ether oxygens (including phenoxy) is 2. The van der Waals surface area contributed by atoms with Gasteiger partial charge in [0.15, 0.2) is 5.69 Å². The Morgan fingerprint density at radius 3 is 2.64 bits per heavy atom. The molecule has 2 rings (SSSR count). The van der Waals surface area contributed by atoms with Gasteiger partial charge in [-0.25, -0.2) is 19.6 Å². The summed E-state index contributed by atoms with van der Waals surface area (Å²) >= 11 is 2.45. The first-order valence-electron chi connectivity index (χ1n) is 8.58. The van der Waals surface area contributed by atoms with Crippen LogP contribution < -0.4 is 11.1 Å². The van der Waals surface area contributed by atoms with Crippen LogP contribution in [0.4, 0.5) is 4.79 Å². The minimum absolute atomic E-state index is 0.157. The van der Waals surface area contributed by atoms with E-state index in [-0.39, 0.29) is 18.8 Å². The van der Waals surface area contributed by atoms with E-state index in [9.17, 15) is 14.7 Å². The Labute approximate surface area is 170 Å². The van der Waals surface area contributed by atoms with Gasteiger partial charge in [0.25, 0.3) is 0 Å². The maximum atomic E-state index is 11.7. The predicted octanol–water partition coefficient (Wildman–Crippen LogP) is 2.53. The fourth-order valence-electron chi connectivity index (χ4n) is 2.06. The molecule has 0 aliphatic heterocycles. The van der Waals surface area contributed by atoms with Gasteiger partial charge in [-0.1, -0.05) is 0 Å². The van der Waals surface area contributed by atoms with Crippen molar-refractivity contribution < 1.29 is 24.2 Å². The van der Waals surface area contributed by atoms with Gasteiger partial charge in [0.05, 0.1) is 24.9 Å². The van der Waals surface area contributed by atoms with Crippen molar-refractivity contribution in [1.82, 2.24) is 15.3 Å². The van der Waals surface area contributed by atoms with E-state index in [4.69, 9.17) is 15.2 Å². The molecule has 28 heavy (non-hydrogen) atoms. The van der Waals surface area contributed by atoms with Crippen molar-refractivity contribution in [2.75, 3.05) is 6.61 Å². The fourth-order valence-corrected chi connectivity index (χ4v) is 3.64. The number of nitrogens with zero attached hydrogens (tertiary/aromatic N) is 2. The lowest BCUT2D eigenvalue weighted by Crippen LogP contribution is -2.32. The van der Waals surface area contributed by atoms with Gasteiger partial charge in [-0.3, -0.25) is 0 Å². The van der Waals surface area contributed by atoms with E-state index >= 15 is 0 Å². The van der Waals surface area contributed by atoms with Gasteiger partial charge in [-0.15, -0.1) is 22.7 Å². The van der Waals surface area contributed by atoms with Crippen LogP contribution in [0.15, 0.2) is 10.8 Å². The van der Waals surface area contributed by atoms with Crippen LogP contribution in [0, 0.1) is 0 Å². The number of hydrogen-bond donors (Lipinski definition) is 3. The molecule has 154 valence electrons. The van der Waals surface area contributed by atoms with Crippen molar-refractivity contribution in [2.24, 2.45) is 5.73 Å². The van der Waals surface area contributed by atoms with Crippen molar-refractivity contribution in [1.29, 1.82) is 0 Å². The topological polar surface area (TPSA) is 137 Å². The van der Waals surface area contributed by atoms with Crippen LogP contribution >= 0.6 is 22.7 Å². The largest absolute Gasteiger partial charge is 0.461 e. The molecule has 0 spiro atoms. The first-order chi connectivity index (χ1) is 13.1. The van der Waals surface area contributed by atoms with E-state index in [0.717, 1.165) is 0 Å². The normalized spacial score (nSPS) is 13.6. The van der Waals surface area contributed by atoms with Crippen LogP contribution in [0.5, 0.6) is 0 Å². The zero-order valence-electron chi connectivity index (χ0n) is 16.1. The lowest BCUT2D eigenvalue weighted by atomic mass is 10.1. The Morgan fingerprint density at radius 1 is 1.29 bits per heavy atom. The highest BCUT2D eigenvalue weighted by Crippen LogP contribution is 2.29. The number of nitrogens with one attached hydrogen (secondary N) is 1. The minimum atomic E-state index is -1.10. The number of nitrogens with two attached hydrogens (primary N) is 1. The Kier molecular flexibility index (Phi) is 7.47. The molecule has 2 aromatic rings. The second kappa shape index (κ2) is 9.41. The number of hydrogen-bond acceptors (Lipinski definition) is 10. The summed E-state index contributed by atoms with van der Waals surface area (Å²) in [5.41, 5.74) is 6.02. The van der Waals surface area contributed by atoms with Gasteiger partial charge >= 0.3 is 12.1 Å². The zero-order valence-corrected chi connectivity index (χ0v) is 17.7. The first kappa shape index (κ1) is 22.2. The van der Waals surface area contributed by atoms with Gasteiger partial charge in [0.1, 0.15) is 21.7 Å². The molecule has 9 nitrogen and oxygen atoms in total. The summed E-state index contributed by atoms with van der Waals surface area (Å²) in [5.74, 6) is -0.532. The third kappa shape index (κ3) is 6.23. The number of thiazole rings is 2. The Hall–Kier alpha value is -2.08. The number of carbonyl (C=O) groups is 2. The maximum absolute atomic E-state index is 11.7. The van der Waals surface area contributed by atoms with Crippen LogP contribution in [0.2, 0.25) is 0 Å². The molecule has 2 aromatic heterocycles. The van der Waals surface area contributed by atoms with Crippen LogP contribution in [-0.4, -0.2) is 39.3 Å². The minimum Gasteiger partial charge on any atom is -0.461 e. The third-order valence-corrected chi connectivity index (χ3v) is 5.10. The van der Waals surface area contributed by atoms with E-state index in [1.54, 1.807) is 33.1 Å². The Balaban J connectivity index is 1.96. The predicted molar refractivity (Wildman–Crippen MR) is 105 cm³/mol. The Bertz CT molecular complexity index is 815. The van der Waals surface area contributed by atoms with Gasteiger partial charge in [0, 0.05) is 10.8 Å². The second-order valence-corrected chi connectivity index (χ2v) is 8.62. The van der Waals surface area contributed by atoms with Crippen molar-refractivity contribution in [3.63, 3.8) is 0 Å². The van der Waals surface area contributed by atoms with Crippen LogP contribution in [0.3, 0.4) is 0 Å². The number of aromatic nitrogens is 2. The van der Waals surface area contributed by atoms with Gasteiger partial charge in [0.2, 0.25) is 0 Å². The van der Waals surface area contributed by atoms with Crippen molar-refractivity contribution in [3.05, 3.63) is 32.2 Å². The quantitative estimate of drug-likeness (QED) is 0.572. The van der Waals surface area contributed by atoms with Crippen molar-refractivity contribution in [3.8, 4) is 0 Å². The van der Waals surface area contributed by atoms with E-state index < -0.39 is 29.8 Å². The first-order valence-corrected chi connectivity index (χ1v) is 10.3. The summed E-state index contributed by atoms with van der Waals surface area (Å²) in [5, 5.41) is 17.3. The highest BCUT2D eigenvalue weighted by Gasteiger charge is 2.25. The molecule has 0 aliphatic rings. The number of carbonyl (C=O) groups excluding carboxylic acids is 2. The van der Waals surface area contributed by atoms with Gasteiger partial charge < -0.3 is 25.6 Å². The van der Waals surface area contributed by atoms with Gasteiger partial charge in [-0.2, -0.15) is 0 Å². The molecule has 2 unspecified atom stereocenters. The molecule has 0 aliphatic carbocycles. The summed E-state index contributed by atoms with van der Waals surface area (Å²) in [6, 6.07) is -0.845. The number of aliphatic hydroxyl groups is 1. The molecular weight excluding hydrogens is 404 g/mol. The molecule has 0 aromatic carbocycles. The molecule has 2 heterocycles. The summed E-state index contributed by atoms with van der Waals surface area (Å²) in [4.78, 5) is 31.8. The lowest BCUT2D eigenvalue weighted by Gasteiger charge is -2.19. The maximum Gasteiger partial charge on any atom is 0.408 e. The van der Waals surface area contributed by atoms with Gasteiger partial charge in [-0.05, 0) is 27.7 Å². The van der Waals surface area contributed by atoms with Crippen molar-refractivity contribution >= 4 is 34.7 Å². The van der Waals surface area contributed by atoms with E-state index in [1.165, 1.54) is 28.1 Å². The highest BCUT2D eigenvalue weighted by atomic mass is 32.1. The van der Waals surface area contributed by atoms with Crippen LogP contribution in [-0.2, 0) is 16.0 Å². The fraction of sp³-hybridized carbons (Fsp3) is 0.529. The molecule has 0 saturated heterocycles. The number of amides is 1. The summed E-state index contributed by atoms with van der Waals surface area (Å²) in [7, 11) is 0. The molecule has 0 saturated carbocycles. The molecule has 0 fully saturated rings. The standard InChI is InChI=1S/C17H24N4O5S2/c1-5-25-15(23)10-8-28-14(21-10)12(18)13(22)9-7-27-11(20-9)6-19-16(24)26-17(2,3)4/h7-8,12-13,22H,5-6,18H2,1-4H3,(H,19,24).